The van der Waals surface area contributed by atoms with Crippen LogP contribution in [-0.2, 0) is 46.9 Å². The predicted molar refractivity (Wildman–Crippen MR) is 198 cm³/mol. The average Bonchev–Trinajstić information content (AvgIpc) is 3.56. The zero-order valence-electron chi connectivity index (χ0n) is 30.1. The monoisotopic (exact) mass is 697 g/mol. The van der Waals surface area contributed by atoms with Crippen molar-refractivity contribution in [1.29, 1.82) is 0 Å². The van der Waals surface area contributed by atoms with Crippen LogP contribution in [0.3, 0.4) is 0 Å². The number of ether oxygens (including phenoxy) is 1. The average molecular weight is 698 g/mol. The Hall–Kier alpha value is -4.35. The van der Waals surface area contributed by atoms with Crippen molar-refractivity contribution in [3.05, 3.63) is 76.9 Å². The number of nitrogens with two attached hydrogens (primary N) is 1. The van der Waals surface area contributed by atoms with Gasteiger partial charge in [0, 0.05) is 75.1 Å². The smallest absolute Gasteiger partial charge is 0.223 e. The van der Waals surface area contributed by atoms with Crippen LogP contribution in [0, 0.1) is 5.82 Å². The molecule has 4 heterocycles. The third-order valence-corrected chi connectivity index (χ3v) is 10.2. The number of hydrogen-bond donors (Lipinski definition) is 2. The lowest BCUT2D eigenvalue weighted by atomic mass is 9.99. The summed E-state index contributed by atoms with van der Waals surface area (Å²) in [5.41, 5.74) is 12.4. The molecule has 2 saturated heterocycles. The summed E-state index contributed by atoms with van der Waals surface area (Å²) in [7, 11) is 0. The van der Waals surface area contributed by atoms with Gasteiger partial charge in [-0.3, -0.25) is 14.5 Å². The fourth-order valence-electron chi connectivity index (χ4n) is 7.40. The van der Waals surface area contributed by atoms with Crippen LogP contribution in [0.5, 0.6) is 0 Å². The molecule has 10 nitrogen and oxygen atoms in total. The van der Waals surface area contributed by atoms with Gasteiger partial charge < -0.3 is 20.7 Å². The van der Waals surface area contributed by atoms with Crippen molar-refractivity contribution in [2.45, 2.75) is 104 Å². The zero-order valence-corrected chi connectivity index (χ0v) is 30.1. The number of pyridine rings is 1. The van der Waals surface area contributed by atoms with E-state index in [-0.39, 0.29) is 37.2 Å². The number of hydrogen-bond acceptors (Lipinski definition) is 7. The Morgan fingerprint density at radius 3 is 2.57 bits per heavy atom. The molecule has 2 fully saturated rings. The summed E-state index contributed by atoms with van der Waals surface area (Å²) in [5, 5.41) is 9.37. The van der Waals surface area contributed by atoms with Crippen molar-refractivity contribution in [3.8, 4) is 11.1 Å². The van der Waals surface area contributed by atoms with Crippen LogP contribution in [0.25, 0.3) is 22.2 Å². The number of likely N-dealkylation sites (tertiary alicyclic amines) is 1. The lowest BCUT2D eigenvalue weighted by molar-refractivity contribution is -0.132. The molecular formula is C40H52FN7O3. The number of rotatable bonds is 15. The lowest BCUT2D eigenvalue weighted by Crippen LogP contribution is -2.32. The molecule has 2 amide bonds. The van der Waals surface area contributed by atoms with Crippen LogP contribution in [0.4, 0.5) is 10.1 Å². The van der Waals surface area contributed by atoms with E-state index in [1.54, 1.807) is 6.07 Å². The number of primary amides is 1. The first-order valence-corrected chi connectivity index (χ1v) is 18.7. The maximum atomic E-state index is 15.5. The number of carbonyl (C=O) groups excluding carboxylic acids is 2. The predicted octanol–water partition coefficient (Wildman–Crippen LogP) is 6.58. The van der Waals surface area contributed by atoms with Gasteiger partial charge in [-0.15, -0.1) is 0 Å². The first kappa shape index (κ1) is 36.4. The third-order valence-electron chi connectivity index (χ3n) is 10.2. The van der Waals surface area contributed by atoms with Gasteiger partial charge in [-0.05, 0) is 93.4 Å². The molecule has 51 heavy (non-hydrogen) atoms. The van der Waals surface area contributed by atoms with Crippen molar-refractivity contribution in [2.24, 2.45) is 5.73 Å². The number of fused-ring (bicyclic) bond motifs is 1. The molecule has 3 N–H and O–H groups in total. The van der Waals surface area contributed by atoms with Crippen molar-refractivity contribution in [3.63, 3.8) is 0 Å². The minimum Gasteiger partial charge on any atom is -0.381 e. The highest BCUT2D eigenvalue weighted by Gasteiger charge is 2.25. The fraction of sp³-hybridized carbons (Fsp3) is 0.500. The molecule has 0 spiro atoms. The van der Waals surface area contributed by atoms with Gasteiger partial charge in [-0.25, -0.2) is 14.1 Å². The molecule has 2 aliphatic heterocycles. The summed E-state index contributed by atoms with van der Waals surface area (Å²) >= 11 is 0. The Balaban J connectivity index is 1.34. The molecular weight excluding hydrogens is 645 g/mol. The van der Waals surface area contributed by atoms with E-state index in [1.165, 1.54) is 25.3 Å². The van der Waals surface area contributed by atoms with E-state index in [0.29, 0.717) is 44.7 Å². The van der Waals surface area contributed by atoms with E-state index in [2.05, 4.69) is 34.4 Å². The Bertz CT molecular complexity index is 1810. The van der Waals surface area contributed by atoms with Crippen LogP contribution >= 0.6 is 0 Å². The van der Waals surface area contributed by atoms with Crippen LogP contribution in [0.15, 0.2) is 48.7 Å². The normalized spacial score (nSPS) is 15.7. The Kier molecular flexibility index (Phi) is 12.3. The second kappa shape index (κ2) is 17.2. The van der Waals surface area contributed by atoms with Gasteiger partial charge in [-0.2, -0.15) is 5.10 Å². The Labute approximate surface area is 300 Å². The molecule has 0 saturated carbocycles. The summed E-state index contributed by atoms with van der Waals surface area (Å²) < 4.78 is 23.1. The van der Waals surface area contributed by atoms with Gasteiger partial charge in [-0.1, -0.05) is 37.6 Å². The molecule has 0 aliphatic carbocycles. The maximum absolute atomic E-state index is 15.5. The molecule has 0 unspecified atom stereocenters. The van der Waals surface area contributed by atoms with E-state index in [4.69, 9.17) is 15.5 Å². The molecule has 272 valence electrons. The highest BCUT2D eigenvalue weighted by Crippen LogP contribution is 2.33. The molecule has 6 rings (SSSR count). The SMILES string of the molecule is CCc1nc2c(cnn2CC)c(NC2CCOCC2)c1CN(Cc1ccc(F)c(-c2cccc(CN3CCCCC3)c2)c1)C(=O)CCCC(N)=O. The summed E-state index contributed by atoms with van der Waals surface area (Å²) in [5.74, 6) is -0.833. The number of piperidine rings is 1. The molecule has 0 bridgehead atoms. The fourth-order valence-corrected chi connectivity index (χ4v) is 7.40. The molecule has 0 radical (unpaired) electrons. The van der Waals surface area contributed by atoms with Crippen LogP contribution < -0.4 is 11.1 Å². The quantitative estimate of drug-likeness (QED) is 0.144. The van der Waals surface area contributed by atoms with Crippen molar-refractivity contribution < 1.29 is 18.7 Å². The van der Waals surface area contributed by atoms with Gasteiger partial charge in [0.1, 0.15) is 5.82 Å². The van der Waals surface area contributed by atoms with E-state index in [1.807, 2.05) is 40.9 Å². The van der Waals surface area contributed by atoms with E-state index < -0.39 is 5.91 Å². The summed E-state index contributed by atoms with van der Waals surface area (Å²) in [6.07, 6.45) is 8.65. The number of nitrogens with one attached hydrogen (secondary N) is 1. The number of amides is 2. The second-order valence-electron chi connectivity index (χ2n) is 13.9. The lowest BCUT2D eigenvalue weighted by Gasteiger charge is -2.29. The number of halogens is 1. The van der Waals surface area contributed by atoms with Crippen LogP contribution in [0.1, 0.15) is 87.6 Å². The van der Waals surface area contributed by atoms with E-state index in [9.17, 15) is 9.59 Å². The summed E-state index contributed by atoms with van der Waals surface area (Å²) in [4.78, 5) is 35.0. The van der Waals surface area contributed by atoms with Gasteiger partial charge in [0.05, 0.1) is 17.3 Å². The summed E-state index contributed by atoms with van der Waals surface area (Å²) in [6.45, 7) is 9.78. The Morgan fingerprint density at radius 1 is 1.02 bits per heavy atom. The molecule has 2 aromatic carbocycles. The minimum absolute atomic E-state index is 0.103. The van der Waals surface area contributed by atoms with Crippen molar-refractivity contribution >= 4 is 28.5 Å². The minimum atomic E-state index is -0.432. The largest absolute Gasteiger partial charge is 0.381 e. The van der Waals surface area contributed by atoms with Gasteiger partial charge >= 0.3 is 0 Å². The number of anilines is 1. The number of carbonyl (C=O) groups is 2. The standard InChI is InChI=1S/C40H52FN7O3/c1-3-36-34(39(44-31-16-20-51-21-17-31)33-24-43-48(4-2)40(33)45-36)27-47(38(50)13-9-12-37(42)49)26-29-14-15-35(41)32(23-29)30-11-8-10-28(22-30)25-46-18-6-5-7-19-46/h8,10-11,14-15,22-24,31H,3-7,9,12-13,16-21,25-27H2,1-2H3,(H2,42,49)(H,44,45). The number of benzene rings is 2. The first-order valence-electron chi connectivity index (χ1n) is 18.7. The topological polar surface area (TPSA) is 119 Å². The van der Waals surface area contributed by atoms with E-state index >= 15 is 4.39 Å². The van der Waals surface area contributed by atoms with Gasteiger partial charge in [0.2, 0.25) is 11.8 Å². The van der Waals surface area contributed by atoms with Crippen molar-refractivity contribution in [2.75, 3.05) is 31.6 Å². The van der Waals surface area contributed by atoms with Crippen LogP contribution in [0.2, 0.25) is 0 Å². The van der Waals surface area contributed by atoms with Crippen molar-refractivity contribution in [1.82, 2.24) is 24.6 Å². The number of aryl methyl sites for hydroxylation is 2. The van der Waals surface area contributed by atoms with Gasteiger partial charge in [0.25, 0.3) is 0 Å². The molecule has 4 aromatic rings. The van der Waals surface area contributed by atoms with Gasteiger partial charge in [0.15, 0.2) is 5.65 Å². The number of nitrogens with zero attached hydrogens (tertiary/aromatic N) is 5. The number of aromatic nitrogens is 3. The van der Waals surface area contributed by atoms with Crippen LogP contribution in [-0.4, -0.2) is 68.7 Å². The molecule has 11 heteroatoms. The molecule has 2 aliphatic rings. The highest BCUT2D eigenvalue weighted by atomic mass is 19.1. The highest BCUT2D eigenvalue weighted by molar-refractivity contribution is 5.92. The summed E-state index contributed by atoms with van der Waals surface area (Å²) in [6, 6.07) is 13.5. The maximum Gasteiger partial charge on any atom is 0.223 e. The zero-order chi connectivity index (χ0) is 35.7. The Morgan fingerprint density at radius 2 is 1.82 bits per heavy atom. The third kappa shape index (κ3) is 9.12. The second-order valence-corrected chi connectivity index (χ2v) is 13.9. The molecule has 0 atom stereocenters. The molecule has 2 aromatic heterocycles. The first-order chi connectivity index (χ1) is 24.8. The van der Waals surface area contributed by atoms with E-state index in [0.717, 1.165) is 77.1 Å².